The van der Waals surface area contributed by atoms with E-state index < -0.39 is 0 Å². The molecule has 1 aromatic carbocycles. The van der Waals surface area contributed by atoms with Crippen LogP contribution in [0.3, 0.4) is 0 Å². The number of hydrogen-bond donors (Lipinski definition) is 1. The van der Waals surface area contributed by atoms with Gasteiger partial charge in [0.05, 0.1) is 0 Å². The van der Waals surface area contributed by atoms with E-state index in [2.05, 4.69) is 60.1 Å². The van der Waals surface area contributed by atoms with Crippen molar-refractivity contribution in [1.82, 2.24) is 4.98 Å². The second kappa shape index (κ2) is 7.06. The van der Waals surface area contributed by atoms with Gasteiger partial charge in [-0.25, -0.2) is 0 Å². The SMILES string of the molecule is CCC(N)c1ccccc1N(CC)Cc1ccncc1. The third-order valence-corrected chi connectivity index (χ3v) is 3.62. The van der Waals surface area contributed by atoms with Crippen molar-refractivity contribution in [2.75, 3.05) is 11.4 Å². The van der Waals surface area contributed by atoms with Crippen molar-refractivity contribution in [2.24, 2.45) is 5.73 Å². The average Bonchev–Trinajstić information content (AvgIpc) is 2.53. The van der Waals surface area contributed by atoms with Gasteiger partial charge in [0.2, 0.25) is 0 Å². The Bertz CT molecular complexity index is 525. The molecule has 1 aromatic heterocycles. The molecule has 0 radical (unpaired) electrons. The number of hydrogen-bond acceptors (Lipinski definition) is 3. The first-order valence-corrected chi connectivity index (χ1v) is 7.24. The number of benzene rings is 1. The predicted octanol–water partition coefficient (Wildman–Crippen LogP) is 3.52. The van der Waals surface area contributed by atoms with Gasteiger partial charge in [-0.3, -0.25) is 4.98 Å². The van der Waals surface area contributed by atoms with Gasteiger partial charge in [-0.1, -0.05) is 25.1 Å². The largest absolute Gasteiger partial charge is 0.367 e. The number of anilines is 1. The summed E-state index contributed by atoms with van der Waals surface area (Å²) in [4.78, 5) is 6.43. The quantitative estimate of drug-likeness (QED) is 0.872. The lowest BCUT2D eigenvalue weighted by Gasteiger charge is -2.27. The van der Waals surface area contributed by atoms with Crippen molar-refractivity contribution in [3.05, 3.63) is 59.9 Å². The van der Waals surface area contributed by atoms with Crippen molar-refractivity contribution < 1.29 is 0 Å². The van der Waals surface area contributed by atoms with E-state index in [-0.39, 0.29) is 6.04 Å². The predicted molar refractivity (Wildman–Crippen MR) is 84.6 cm³/mol. The second-order valence-electron chi connectivity index (χ2n) is 4.94. The Morgan fingerprint density at radius 3 is 2.45 bits per heavy atom. The summed E-state index contributed by atoms with van der Waals surface area (Å²) < 4.78 is 0. The van der Waals surface area contributed by atoms with Crippen LogP contribution in [0, 0.1) is 0 Å². The minimum atomic E-state index is 0.0951. The highest BCUT2D eigenvalue weighted by molar-refractivity contribution is 5.55. The van der Waals surface area contributed by atoms with Crippen molar-refractivity contribution in [1.29, 1.82) is 0 Å². The van der Waals surface area contributed by atoms with Crippen LogP contribution in [0.4, 0.5) is 5.69 Å². The zero-order valence-electron chi connectivity index (χ0n) is 12.3. The number of pyridine rings is 1. The molecular formula is C17H23N3. The highest BCUT2D eigenvalue weighted by Crippen LogP contribution is 2.27. The first kappa shape index (κ1) is 14.5. The summed E-state index contributed by atoms with van der Waals surface area (Å²) >= 11 is 0. The fourth-order valence-corrected chi connectivity index (χ4v) is 2.38. The third-order valence-electron chi connectivity index (χ3n) is 3.62. The molecule has 2 rings (SSSR count). The molecule has 3 nitrogen and oxygen atoms in total. The van der Waals surface area contributed by atoms with Gasteiger partial charge in [-0.15, -0.1) is 0 Å². The van der Waals surface area contributed by atoms with Crippen molar-refractivity contribution >= 4 is 5.69 Å². The summed E-state index contributed by atoms with van der Waals surface area (Å²) in [5.74, 6) is 0. The maximum atomic E-state index is 6.24. The minimum absolute atomic E-state index is 0.0951. The molecule has 3 heteroatoms. The molecule has 0 aliphatic heterocycles. The lowest BCUT2D eigenvalue weighted by atomic mass is 10.0. The van der Waals surface area contributed by atoms with Crippen LogP contribution >= 0.6 is 0 Å². The minimum Gasteiger partial charge on any atom is -0.367 e. The Morgan fingerprint density at radius 2 is 1.80 bits per heavy atom. The topological polar surface area (TPSA) is 42.1 Å². The van der Waals surface area contributed by atoms with Crippen LogP contribution in [-0.4, -0.2) is 11.5 Å². The summed E-state index contributed by atoms with van der Waals surface area (Å²) in [6, 6.07) is 12.7. The molecule has 1 unspecified atom stereocenters. The molecule has 0 saturated heterocycles. The van der Waals surface area contributed by atoms with Crippen molar-refractivity contribution in [3.8, 4) is 0 Å². The van der Waals surface area contributed by atoms with E-state index in [1.54, 1.807) is 0 Å². The fraction of sp³-hybridized carbons (Fsp3) is 0.353. The summed E-state index contributed by atoms with van der Waals surface area (Å²) in [6.07, 6.45) is 4.63. The lowest BCUT2D eigenvalue weighted by Crippen LogP contribution is -2.25. The van der Waals surface area contributed by atoms with Crippen LogP contribution in [0.25, 0.3) is 0 Å². The molecule has 0 aliphatic rings. The van der Waals surface area contributed by atoms with Gasteiger partial charge >= 0.3 is 0 Å². The molecule has 20 heavy (non-hydrogen) atoms. The molecule has 0 amide bonds. The van der Waals surface area contributed by atoms with Gasteiger partial charge in [0.25, 0.3) is 0 Å². The monoisotopic (exact) mass is 269 g/mol. The first-order chi connectivity index (χ1) is 9.76. The van der Waals surface area contributed by atoms with Crippen LogP contribution in [0.1, 0.15) is 37.4 Å². The Hall–Kier alpha value is -1.87. The zero-order chi connectivity index (χ0) is 14.4. The van der Waals surface area contributed by atoms with Crippen molar-refractivity contribution in [3.63, 3.8) is 0 Å². The molecule has 1 heterocycles. The molecule has 2 aromatic rings. The summed E-state index contributed by atoms with van der Waals surface area (Å²) in [7, 11) is 0. The van der Waals surface area contributed by atoms with E-state index in [1.807, 2.05) is 12.4 Å². The molecule has 0 saturated carbocycles. The average molecular weight is 269 g/mol. The van der Waals surface area contributed by atoms with E-state index in [0.717, 1.165) is 19.5 Å². The number of para-hydroxylation sites is 1. The fourth-order valence-electron chi connectivity index (χ4n) is 2.38. The third kappa shape index (κ3) is 3.36. The molecule has 0 fully saturated rings. The van der Waals surface area contributed by atoms with Crippen LogP contribution in [-0.2, 0) is 6.54 Å². The molecule has 1 atom stereocenters. The Morgan fingerprint density at radius 1 is 1.10 bits per heavy atom. The van der Waals surface area contributed by atoms with E-state index in [1.165, 1.54) is 16.8 Å². The Labute approximate surface area is 121 Å². The van der Waals surface area contributed by atoms with Crippen LogP contribution in [0.5, 0.6) is 0 Å². The maximum absolute atomic E-state index is 6.24. The number of aromatic nitrogens is 1. The smallest absolute Gasteiger partial charge is 0.0430 e. The lowest BCUT2D eigenvalue weighted by molar-refractivity contribution is 0.690. The molecule has 0 bridgehead atoms. The second-order valence-corrected chi connectivity index (χ2v) is 4.94. The van der Waals surface area contributed by atoms with Gasteiger partial charge in [0.15, 0.2) is 0 Å². The normalized spacial score (nSPS) is 12.2. The van der Waals surface area contributed by atoms with Gasteiger partial charge in [-0.2, -0.15) is 0 Å². The molecule has 2 N–H and O–H groups in total. The van der Waals surface area contributed by atoms with Crippen LogP contribution in [0.15, 0.2) is 48.8 Å². The van der Waals surface area contributed by atoms with Crippen LogP contribution < -0.4 is 10.6 Å². The van der Waals surface area contributed by atoms with E-state index >= 15 is 0 Å². The number of nitrogens with two attached hydrogens (primary N) is 1. The molecule has 0 aliphatic carbocycles. The van der Waals surface area contributed by atoms with Gasteiger partial charge < -0.3 is 10.6 Å². The molecular weight excluding hydrogens is 246 g/mol. The van der Waals surface area contributed by atoms with E-state index in [9.17, 15) is 0 Å². The zero-order valence-corrected chi connectivity index (χ0v) is 12.3. The maximum Gasteiger partial charge on any atom is 0.0430 e. The summed E-state index contributed by atoms with van der Waals surface area (Å²) in [5.41, 5.74) is 9.97. The van der Waals surface area contributed by atoms with E-state index in [0.29, 0.717) is 0 Å². The highest BCUT2D eigenvalue weighted by atomic mass is 15.1. The summed E-state index contributed by atoms with van der Waals surface area (Å²) in [6.45, 7) is 6.14. The van der Waals surface area contributed by atoms with E-state index in [4.69, 9.17) is 5.73 Å². The van der Waals surface area contributed by atoms with Crippen molar-refractivity contribution in [2.45, 2.75) is 32.9 Å². The molecule has 0 spiro atoms. The molecule has 106 valence electrons. The standard InChI is InChI=1S/C17H23N3/c1-3-16(18)15-7-5-6-8-17(15)20(4-2)13-14-9-11-19-12-10-14/h5-12,16H,3-4,13,18H2,1-2H3. The number of rotatable bonds is 6. The highest BCUT2D eigenvalue weighted by Gasteiger charge is 2.13. The van der Waals surface area contributed by atoms with Crippen LogP contribution in [0.2, 0.25) is 0 Å². The van der Waals surface area contributed by atoms with Gasteiger partial charge in [0.1, 0.15) is 0 Å². The summed E-state index contributed by atoms with van der Waals surface area (Å²) in [5, 5.41) is 0. The Kier molecular flexibility index (Phi) is 5.13. The first-order valence-electron chi connectivity index (χ1n) is 7.24. The Balaban J connectivity index is 2.28. The van der Waals surface area contributed by atoms with Gasteiger partial charge in [0, 0.05) is 37.2 Å². The van der Waals surface area contributed by atoms with Gasteiger partial charge in [-0.05, 0) is 42.7 Å². The number of nitrogens with zero attached hydrogens (tertiary/aromatic N) is 2.